The van der Waals surface area contributed by atoms with Crippen LogP contribution in [-0.4, -0.2) is 68.7 Å². The predicted molar refractivity (Wildman–Crippen MR) is 105 cm³/mol. The molecule has 2 saturated heterocycles. The predicted octanol–water partition coefficient (Wildman–Crippen LogP) is 0.499. The zero-order valence-electron chi connectivity index (χ0n) is 16.4. The maximum absolute atomic E-state index is 12.2. The van der Waals surface area contributed by atoms with Crippen LogP contribution in [0.25, 0.3) is 0 Å². The summed E-state index contributed by atoms with van der Waals surface area (Å²) >= 11 is 0. The van der Waals surface area contributed by atoms with Gasteiger partial charge in [0.15, 0.2) is 0 Å². The van der Waals surface area contributed by atoms with E-state index < -0.39 is 0 Å². The minimum Gasteiger partial charge on any atom is -0.450 e. The lowest BCUT2D eigenvalue weighted by atomic mass is 10.2. The number of hydrogen-bond donors (Lipinski definition) is 2. The molecule has 0 aliphatic carbocycles. The molecular weight excluding hydrogens is 360 g/mol. The summed E-state index contributed by atoms with van der Waals surface area (Å²) in [5, 5.41) is 2.91. The lowest BCUT2D eigenvalue weighted by Gasteiger charge is -2.31. The van der Waals surface area contributed by atoms with Gasteiger partial charge in [-0.25, -0.2) is 4.79 Å². The van der Waals surface area contributed by atoms with Crippen molar-refractivity contribution >= 4 is 29.3 Å². The SMILES string of the molecule is CCOC(=O)N1CC[NH+](CCC(=O)Nc2ccc(N3CCCC3=O)cc2)CC1. The number of benzene rings is 1. The van der Waals surface area contributed by atoms with Crippen molar-refractivity contribution in [1.82, 2.24) is 4.90 Å². The third kappa shape index (κ3) is 5.22. The van der Waals surface area contributed by atoms with Crippen molar-refractivity contribution < 1.29 is 24.0 Å². The quantitative estimate of drug-likeness (QED) is 0.742. The van der Waals surface area contributed by atoms with Crippen molar-refractivity contribution in [3.8, 4) is 0 Å². The van der Waals surface area contributed by atoms with Gasteiger partial charge < -0.3 is 19.9 Å². The highest BCUT2D eigenvalue weighted by molar-refractivity contribution is 5.96. The number of quaternary nitrogens is 1. The molecule has 8 nitrogen and oxygen atoms in total. The fraction of sp³-hybridized carbons (Fsp3) is 0.550. The highest BCUT2D eigenvalue weighted by Crippen LogP contribution is 2.23. The minimum atomic E-state index is -0.252. The number of piperazine rings is 1. The van der Waals surface area contributed by atoms with E-state index in [2.05, 4.69) is 5.32 Å². The van der Waals surface area contributed by atoms with Gasteiger partial charge >= 0.3 is 6.09 Å². The number of nitrogens with zero attached hydrogens (tertiary/aromatic N) is 2. The Balaban J connectivity index is 1.39. The average Bonchev–Trinajstić information content (AvgIpc) is 3.13. The third-order valence-corrected chi connectivity index (χ3v) is 5.24. The molecule has 152 valence electrons. The number of nitrogens with one attached hydrogen (secondary N) is 2. The molecule has 2 aliphatic heterocycles. The molecular formula is C20H29N4O4+. The van der Waals surface area contributed by atoms with Gasteiger partial charge in [0.25, 0.3) is 0 Å². The second kappa shape index (κ2) is 9.54. The van der Waals surface area contributed by atoms with Crippen molar-refractivity contribution in [2.24, 2.45) is 0 Å². The van der Waals surface area contributed by atoms with Gasteiger partial charge in [0, 0.05) is 24.3 Å². The maximum Gasteiger partial charge on any atom is 0.410 e. The van der Waals surface area contributed by atoms with Gasteiger partial charge in [-0.15, -0.1) is 0 Å². The van der Waals surface area contributed by atoms with Crippen molar-refractivity contribution in [3.05, 3.63) is 24.3 Å². The summed E-state index contributed by atoms with van der Waals surface area (Å²) < 4.78 is 5.02. The summed E-state index contributed by atoms with van der Waals surface area (Å²) in [6.07, 6.45) is 1.68. The summed E-state index contributed by atoms with van der Waals surface area (Å²) in [5.41, 5.74) is 1.62. The summed E-state index contributed by atoms with van der Waals surface area (Å²) in [5.74, 6) is 0.133. The van der Waals surface area contributed by atoms with Crippen molar-refractivity contribution in [3.63, 3.8) is 0 Å². The molecule has 1 aromatic rings. The maximum atomic E-state index is 12.2. The molecule has 2 aliphatic rings. The second-order valence-corrected chi connectivity index (χ2v) is 7.18. The number of carbonyl (C=O) groups excluding carboxylic acids is 3. The minimum absolute atomic E-state index is 0.0229. The van der Waals surface area contributed by atoms with E-state index in [0.29, 0.717) is 32.5 Å². The summed E-state index contributed by atoms with van der Waals surface area (Å²) in [7, 11) is 0. The molecule has 2 N–H and O–H groups in total. The van der Waals surface area contributed by atoms with E-state index in [1.807, 2.05) is 24.3 Å². The largest absolute Gasteiger partial charge is 0.450 e. The highest BCUT2D eigenvalue weighted by Gasteiger charge is 2.25. The van der Waals surface area contributed by atoms with Crippen LogP contribution in [0.3, 0.4) is 0 Å². The molecule has 0 atom stereocenters. The first-order valence-electron chi connectivity index (χ1n) is 10.0. The van der Waals surface area contributed by atoms with Crippen LogP contribution in [0.2, 0.25) is 0 Å². The van der Waals surface area contributed by atoms with Gasteiger partial charge in [-0.05, 0) is 37.6 Å². The molecule has 2 fully saturated rings. The first-order chi connectivity index (χ1) is 13.6. The highest BCUT2D eigenvalue weighted by atomic mass is 16.6. The van der Waals surface area contributed by atoms with Crippen LogP contribution in [0.4, 0.5) is 16.2 Å². The smallest absolute Gasteiger partial charge is 0.410 e. The Labute approximate surface area is 165 Å². The standard InChI is InChI=1S/C20H28N4O4/c1-2-28-20(27)23-14-12-22(13-15-23)11-9-18(25)21-16-5-7-17(8-6-16)24-10-3-4-19(24)26/h5-8H,2-4,9-15H2,1H3,(H,21,25)/p+1. The van der Waals surface area contributed by atoms with E-state index in [1.54, 1.807) is 16.7 Å². The molecule has 8 heteroatoms. The third-order valence-electron chi connectivity index (χ3n) is 5.24. The number of ether oxygens (including phenoxy) is 1. The molecule has 0 saturated carbocycles. The molecule has 3 rings (SSSR count). The van der Waals surface area contributed by atoms with Crippen LogP contribution < -0.4 is 15.1 Å². The molecule has 2 heterocycles. The molecule has 1 aromatic carbocycles. The van der Waals surface area contributed by atoms with Crippen molar-refractivity contribution in [2.45, 2.75) is 26.2 Å². The monoisotopic (exact) mass is 389 g/mol. The fourth-order valence-corrected chi connectivity index (χ4v) is 3.63. The van der Waals surface area contributed by atoms with E-state index in [9.17, 15) is 14.4 Å². The van der Waals surface area contributed by atoms with E-state index in [-0.39, 0.29) is 17.9 Å². The first-order valence-corrected chi connectivity index (χ1v) is 10.0. The first kappa shape index (κ1) is 20.1. The summed E-state index contributed by atoms with van der Waals surface area (Å²) in [6.45, 7) is 6.66. The van der Waals surface area contributed by atoms with E-state index in [4.69, 9.17) is 4.74 Å². The Bertz CT molecular complexity index is 699. The summed E-state index contributed by atoms with van der Waals surface area (Å²) in [4.78, 5) is 40.6. The fourth-order valence-electron chi connectivity index (χ4n) is 3.63. The molecule has 0 radical (unpaired) electrons. The average molecular weight is 389 g/mol. The molecule has 0 spiro atoms. The van der Waals surface area contributed by atoms with E-state index >= 15 is 0 Å². The zero-order valence-corrected chi connectivity index (χ0v) is 16.4. The van der Waals surface area contributed by atoms with Gasteiger partial charge in [0.2, 0.25) is 11.8 Å². The Morgan fingerprint density at radius 2 is 1.86 bits per heavy atom. The Morgan fingerprint density at radius 3 is 2.46 bits per heavy atom. The molecule has 0 unspecified atom stereocenters. The van der Waals surface area contributed by atoms with Gasteiger partial charge in [-0.3, -0.25) is 14.5 Å². The Hall–Kier alpha value is -2.61. The number of rotatable bonds is 6. The van der Waals surface area contributed by atoms with Crippen LogP contribution in [0.15, 0.2) is 24.3 Å². The van der Waals surface area contributed by atoms with Gasteiger partial charge in [-0.1, -0.05) is 0 Å². The zero-order chi connectivity index (χ0) is 19.9. The topological polar surface area (TPSA) is 83.4 Å². The molecule has 28 heavy (non-hydrogen) atoms. The van der Waals surface area contributed by atoms with Crippen LogP contribution in [0, 0.1) is 0 Å². The van der Waals surface area contributed by atoms with Crippen LogP contribution in [0.1, 0.15) is 26.2 Å². The Kier molecular flexibility index (Phi) is 6.86. The number of hydrogen-bond acceptors (Lipinski definition) is 4. The second-order valence-electron chi connectivity index (χ2n) is 7.18. The normalized spacial score (nSPS) is 17.7. The molecule has 0 aromatic heterocycles. The van der Waals surface area contributed by atoms with Crippen LogP contribution in [-0.2, 0) is 14.3 Å². The number of amides is 3. The summed E-state index contributed by atoms with van der Waals surface area (Å²) in [6, 6.07) is 7.42. The number of carbonyl (C=O) groups is 3. The van der Waals surface area contributed by atoms with E-state index in [0.717, 1.165) is 44.0 Å². The van der Waals surface area contributed by atoms with Crippen molar-refractivity contribution in [1.29, 1.82) is 0 Å². The van der Waals surface area contributed by atoms with Gasteiger partial charge in [0.1, 0.15) is 0 Å². The lowest BCUT2D eigenvalue weighted by molar-refractivity contribution is -0.903. The van der Waals surface area contributed by atoms with Gasteiger partial charge in [0.05, 0.1) is 45.8 Å². The van der Waals surface area contributed by atoms with Crippen LogP contribution in [0.5, 0.6) is 0 Å². The van der Waals surface area contributed by atoms with Crippen LogP contribution >= 0.6 is 0 Å². The number of anilines is 2. The van der Waals surface area contributed by atoms with Crippen molar-refractivity contribution in [2.75, 3.05) is 56.1 Å². The van der Waals surface area contributed by atoms with E-state index in [1.165, 1.54) is 4.90 Å². The lowest BCUT2D eigenvalue weighted by Crippen LogP contribution is -3.15. The molecule has 3 amide bonds. The Morgan fingerprint density at radius 1 is 1.14 bits per heavy atom. The van der Waals surface area contributed by atoms with Gasteiger partial charge in [-0.2, -0.15) is 0 Å². The molecule has 0 bridgehead atoms.